The van der Waals surface area contributed by atoms with E-state index in [4.69, 9.17) is 0 Å². The predicted molar refractivity (Wildman–Crippen MR) is 437 cm³/mol. The molecule has 0 N–H and O–H groups in total. The van der Waals surface area contributed by atoms with Crippen molar-refractivity contribution in [3.8, 4) is 11.1 Å². The second kappa shape index (κ2) is 26.4. The minimum Gasteiger partial charge on any atom is -0.310 e. The molecule has 19 rings (SSSR count). The standard InChI is InChI=1S/C59H44N2.C40H28N2/c1-41-27-31-43(32-28-41)59(44-33-29-42(2)30-34-44)56-40-50(61(47-21-11-5-12-22-47)48-23-13-6-14-24-48)36-38-54(56)57-52-26-16-15-25-51(52)55-39-49(35-37-53(55)58(57)59)60(45-17-7-3-8-18-45)46-19-9-4-10-20-46;1-5-13-31(14-6-1)41(32-15-7-2-8-16-32)37-27-23-29-22-26-36-38(28-24-30-21-25-35(37)39(29)40(30)36)42(33-17-9-3-10-18-33)34-19-11-4-12-20-34/h3-40H,1-2H3;1-28H. The van der Waals surface area contributed by atoms with Gasteiger partial charge in [0.05, 0.1) is 16.8 Å². The fraction of sp³-hybridized carbons (Fsp3) is 0.0303. The van der Waals surface area contributed by atoms with E-state index in [9.17, 15) is 0 Å². The zero-order chi connectivity index (χ0) is 68.8. The molecule has 4 heteroatoms. The highest BCUT2D eigenvalue weighted by atomic mass is 15.2. The fourth-order valence-electron chi connectivity index (χ4n) is 16.2. The van der Waals surface area contributed by atoms with Gasteiger partial charge in [0.25, 0.3) is 0 Å². The van der Waals surface area contributed by atoms with E-state index in [1.807, 2.05) is 0 Å². The number of anilines is 12. The molecule has 0 bridgehead atoms. The van der Waals surface area contributed by atoms with E-state index in [-0.39, 0.29) is 0 Å². The summed E-state index contributed by atoms with van der Waals surface area (Å²) in [6.07, 6.45) is 0. The van der Waals surface area contributed by atoms with Crippen molar-refractivity contribution in [3.05, 3.63) is 434 Å². The van der Waals surface area contributed by atoms with Crippen molar-refractivity contribution in [2.75, 3.05) is 19.6 Å². The van der Waals surface area contributed by atoms with Crippen LogP contribution < -0.4 is 19.6 Å². The Morgan fingerprint density at radius 3 is 0.903 bits per heavy atom. The van der Waals surface area contributed by atoms with Crippen LogP contribution in [0.3, 0.4) is 0 Å². The van der Waals surface area contributed by atoms with Crippen molar-refractivity contribution in [3.63, 3.8) is 0 Å². The molecule has 103 heavy (non-hydrogen) atoms. The van der Waals surface area contributed by atoms with Crippen LogP contribution in [-0.4, -0.2) is 0 Å². The Hall–Kier alpha value is -13.3. The van der Waals surface area contributed by atoms with Crippen LogP contribution in [-0.2, 0) is 5.41 Å². The Kier molecular flexibility index (Phi) is 15.9. The van der Waals surface area contributed by atoms with Gasteiger partial charge < -0.3 is 19.6 Å². The van der Waals surface area contributed by atoms with Crippen LogP contribution >= 0.6 is 0 Å². The summed E-state index contributed by atoms with van der Waals surface area (Å²) in [5.74, 6) is 0. The Morgan fingerprint density at radius 2 is 0.524 bits per heavy atom. The zero-order valence-corrected chi connectivity index (χ0v) is 57.4. The molecule has 0 atom stereocenters. The average Bonchev–Trinajstić information content (AvgIpc) is 1.43. The van der Waals surface area contributed by atoms with Gasteiger partial charge in [-0.15, -0.1) is 0 Å². The van der Waals surface area contributed by atoms with Gasteiger partial charge in [-0.05, 0) is 224 Å². The number of fused-ring (bicyclic) bond motifs is 8. The molecule has 0 saturated carbocycles. The molecule has 1 aliphatic carbocycles. The zero-order valence-electron chi connectivity index (χ0n) is 57.4. The second-order valence-electron chi connectivity index (χ2n) is 26.9. The number of rotatable bonds is 14. The molecule has 0 spiro atoms. The van der Waals surface area contributed by atoms with Crippen molar-refractivity contribution >= 4 is 122 Å². The maximum atomic E-state index is 2.48. The number of benzene rings is 18. The van der Waals surface area contributed by atoms with Gasteiger partial charge in [-0.2, -0.15) is 0 Å². The summed E-state index contributed by atoms with van der Waals surface area (Å²) in [6, 6.07) is 146. The summed E-state index contributed by atoms with van der Waals surface area (Å²) in [7, 11) is 0. The first-order chi connectivity index (χ1) is 51.0. The lowest BCUT2D eigenvalue weighted by molar-refractivity contribution is 0.775. The van der Waals surface area contributed by atoms with Crippen LogP contribution in [0.4, 0.5) is 68.2 Å². The van der Waals surface area contributed by atoms with Gasteiger partial charge >= 0.3 is 0 Å². The number of hydrogen-bond donors (Lipinski definition) is 0. The highest BCUT2D eigenvalue weighted by molar-refractivity contribution is 6.28. The van der Waals surface area contributed by atoms with Crippen LogP contribution in [0.15, 0.2) is 400 Å². The molecule has 0 aromatic heterocycles. The van der Waals surface area contributed by atoms with E-state index in [0.717, 1.165) is 56.9 Å². The molecule has 4 nitrogen and oxygen atoms in total. The van der Waals surface area contributed by atoms with Crippen molar-refractivity contribution in [2.24, 2.45) is 0 Å². The third-order valence-corrected chi connectivity index (χ3v) is 20.8. The molecule has 0 amide bonds. The van der Waals surface area contributed by atoms with E-state index >= 15 is 0 Å². The van der Waals surface area contributed by atoms with E-state index < -0.39 is 5.41 Å². The largest absolute Gasteiger partial charge is 0.310 e. The first-order valence-electron chi connectivity index (χ1n) is 35.6. The van der Waals surface area contributed by atoms with Gasteiger partial charge in [-0.25, -0.2) is 0 Å². The summed E-state index contributed by atoms with van der Waals surface area (Å²) < 4.78 is 0. The minimum absolute atomic E-state index is 0.649. The molecule has 0 heterocycles. The fourth-order valence-corrected chi connectivity index (χ4v) is 16.2. The van der Waals surface area contributed by atoms with E-state index in [2.05, 4.69) is 434 Å². The topological polar surface area (TPSA) is 13.0 Å². The van der Waals surface area contributed by atoms with Gasteiger partial charge in [0, 0.05) is 67.6 Å². The minimum atomic E-state index is -0.649. The van der Waals surface area contributed by atoms with E-state index in [1.165, 1.54) is 110 Å². The Morgan fingerprint density at radius 1 is 0.214 bits per heavy atom. The second-order valence-corrected chi connectivity index (χ2v) is 26.9. The van der Waals surface area contributed by atoms with Gasteiger partial charge in [0.1, 0.15) is 0 Å². The number of para-hydroxylation sites is 8. The van der Waals surface area contributed by atoms with Crippen molar-refractivity contribution in [1.82, 2.24) is 0 Å². The molecular formula is C99H72N4. The predicted octanol–water partition coefficient (Wildman–Crippen LogP) is 27.4. The van der Waals surface area contributed by atoms with Crippen LogP contribution in [0.1, 0.15) is 33.4 Å². The quantitative estimate of drug-likeness (QED) is 0.101. The van der Waals surface area contributed by atoms with Crippen LogP contribution in [0, 0.1) is 13.8 Å². The van der Waals surface area contributed by atoms with Crippen molar-refractivity contribution < 1.29 is 0 Å². The summed E-state index contributed by atoms with van der Waals surface area (Å²) in [4.78, 5) is 9.50. The number of nitrogens with zero attached hydrogens (tertiary/aromatic N) is 4. The van der Waals surface area contributed by atoms with Gasteiger partial charge in [-0.1, -0.05) is 278 Å². The molecule has 0 saturated heterocycles. The molecule has 18 aromatic rings. The lowest BCUT2D eigenvalue weighted by Gasteiger charge is -2.36. The first kappa shape index (κ1) is 62.0. The maximum Gasteiger partial charge on any atom is 0.0720 e. The summed E-state index contributed by atoms with van der Waals surface area (Å²) in [5.41, 5.74) is 23.1. The van der Waals surface area contributed by atoms with Gasteiger partial charge in [0.15, 0.2) is 0 Å². The molecule has 0 unspecified atom stereocenters. The Bertz CT molecular complexity index is 5680. The highest BCUT2D eigenvalue weighted by Gasteiger charge is 2.49. The van der Waals surface area contributed by atoms with E-state index in [1.54, 1.807) is 0 Å². The lowest BCUT2D eigenvalue weighted by atomic mass is 9.66. The highest BCUT2D eigenvalue weighted by Crippen LogP contribution is 2.62. The van der Waals surface area contributed by atoms with E-state index in [0.29, 0.717) is 0 Å². The molecule has 18 aromatic carbocycles. The monoisotopic (exact) mass is 1320 g/mol. The Labute approximate surface area is 602 Å². The smallest absolute Gasteiger partial charge is 0.0720 e. The van der Waals surface area contributed by atoms with Crippen LogP contribution in [0.2, 0.25) is 0 Å². The maximum absolute atomic E-state index is 2.48. The molecule has 1 aliphatic rings. The lowest BCUT2D eigenvalue weighted by Crippen LogP contribution is -2.29. The molecule has 0 fully saturated rings. The van der Waals surface area contributed by atoms with Crippen molar-refractivity contribution in [2.45, 2.75) is 19.3 Å². The van der Waals surface area contributed by atoms with Crippen LogP contribution in [0.5, 0.6) is 0 Å². The molecule has 0 radical (unpaired) electrons. The summed E-state index contributed by atoms with van der Waals surface area (Å²) in [5, 5.41) is 12.5. The molecule has 488 valence electrons. The normalized spacial score (nSPS) is 12.1. The summed E-state index contributed by atoms with van der Waals surface area (Å²) in [6.45, 7) is 4.37. The van der Waals surface area contributed by atoms with Gasteiger partial charge in [-0.3, -0.25) is 0 Å². The van der Waals surface area contributed by atoms with Crippen molar-refractivity contribution in [1.29, 1.82) is 0 Å². The van der Waals surface area contributed by atoms with Crippen LogP contribution in [0.25, 0.3) is 65.0 Å². The average molecular weight is 1320 g/mol. The molecule has 0 aliphatic heterocycles. The summed E-state index contributed by atoms with van der Waals surface area (Å²) >= 11 is 0. The number of hydrogen-bond acceptors (Lipinski definition) is 4. The SMILES string of the molecule is Cc1ccc(C2(c3ccc(C)cc3)c3cc(N(c4ccccc4)c4ccccc4)ccc3-c3c2c2ccc(N(c4ccccc4)c4ccccc4)cc2c2ccccc32)cc1.c1ccc(N(c2ccccc2)c2ccc3ccc4c(N(c5ccccc5)c5ccccc5)ccc5ccc2c3c54)cc1. The van der Waals surface area contributed by atoms with Gasteiger partial charge in [0.2, 0.25) is 0 Å². The Balaban J connectivity index is 0.000000158. The first-order valence-corrected chi connectivity index (χ1v) is 35.6. The third kappa shape index (κ3) is 10.9. The number of aryl methyl sites for hydroxylation is 2. The molecular weight excluding hydrogens is 1250 g/mol. The third-order valence-electron chi connectivity index (χ3n) is 20.8.